The third-order valence-corrected chi connectivity index (χ3v) is 4.36. The Morgan fingerprint density at radius 3 is 2.37 bits per heavy atom. The van der Waals surface area contributed by atoms with E-state index >= 15 is 0 Å². The standard InChI is InChI=1S/C16H35N3/c1-6-10-19(12-11-18(4)5)16-13-14(3)8-9-15(16)17-7-2/h14-17H,6-13H2,1-5H3. The van der Waals surface area contributed by atoms with Crippen LogP contribution in [0.4, 0.5) is 0 Å². The molecule has 1 aliphatic carbocycles. The van der Waals surface area contributed by atoms with E-state index in [-0.39, 0.29) is 0 Å². The number of likely N-dealkylation sites (N-methyl/N-ethyl adjacent to an activating group) is 2. The van der Waals surface area contributed by atoms with Crippen LogP contribution in [-0.2, 0) is 0 Å². The maximum atomic E-state index is 3.73. The molecular weight excluding hydrogens is 234 g/mol. The van der Waals surface area contributed by atoms with Gasteiger partial charge in [-0.3, -0.25) is 4.90 Å². The molecule has 0 bridgehead atoms. The molecule has 3 atom stereocenters. The van der Waals surface area contributed by atoms with E-state index in [1.165, 1.54) is 45.3 Å². The SMILES string of the molecule is CCCN(CCN(C)C)C1CC(C)CCC1NCC. The van der Waals surface area contributed by atoms with Crippen molar-refractivity contribution < 1.29 is 0 Å². The van der Waals surface area contributed by atoms with Gasteiger partial charge in [0.05, 0.1) is 0 Å². The Bertz CT molecular complexity index is 230. The van der Waals surface area contributed by atoms with Crippen LogP contribution >= 0.6 is 0 Å². The third kappa shape index (κ3) is 5.80. The third-order valence-electron chi connectivity index (χ3n) is 4.36. The summed E-state index contributed by atoms with van der Waals surface area (Å²) in [5, 5.41) is 3.73. The van der Waals surface area contributed by atoms with E-state index in [0.29, 0.717) is 6.04 Å². The Labute approximate surface area is 120 Å². The molecule has 3 nitrogen and oxygen atoms in total. The van der Waals surface area contributed by atoms with Gasteiger partial charge in [-0.05, 0) is 58.8 Å². The van der Waals surface area contributed by atoms with Crippen molar-refractivity contribution in [1.82, 2.24) is 15.1 Å². The van der Waals surface area contributed by atoms with Gasteiger partial charge in [-0.15, -0.1) is 0 Å². The van der Waals surface area contributed by atoms with Crippen molar-refractivity contribution in [2.45, 2.75) is 58.5 Å². The molecule has 1 rings (SSSR count). The van der Waals surface area contributed by atoms with Crippen LogP contribution in [-0.4, -0.2) is 62.2 Å². The molecule has 0 spiro atoms. The molecule has 114 valence electrons. The van der Waals surface area contributed by atoms with Crippen LogP contribution in [0.3, 0.4) is 0 Å². The van der Waals surface area contributed by atoms with Crippen molar-refractivity contribution in [2.24, 2.45) is 5.92 Å². The molecule has 1 fully saturated rings. The molecule has 1 aliphatic rings. The quantitative estimate of drug-likeness (QED) is 0.730. The van der Waals surface area contributed by atoms with Crippen LogP contribution in [0.25, 0.3) is 0 Å². The maximum Gasteiger partial charge on any atom is 0.0252 e. The molecule has 0 saturated heterocycles. The first-order chi connectivity index (χ1) is 9.08. The van der Waals surface area contributed by atoms with Crippen molar-refractivity contribution in [3.8, 4) is 0 Å². The van der Waals surface area contributed by atoms with Gasteiger partial charge in [-0.2, -0.15) is 0 Å². The van der Waals surface area contributed by atoms with Gasteiger partial charge in [0.2, 0.25) is 0 Å². The monoisotopic (exact) mass is 269 g/mol. The first-order valence-electron chi connectivity index (χ1n) is 8.20. The van der Waals surface area contributed by atoms with E-state index in [9.17, 15) is 0 Å². The molecule has 1 saturated carbocycles. The number of hydrogen-bond acceptors (Lipinski definition) is 3. The van der Waals surface area contributed by atoms with Crippen LogP contribution in [0.15, 0.2) is 0 Å². The molecule has 0 aliphatic heterocycles. The van der Waals surface area contributed by atoms with Gasteiger partial charge in [0, 0.05) is 25.2 Å². The molecule has 1 N–H and O–H groups in total. The lowest BCUT2D eigenvalue weighted by Gasteiger charge is -2.43. The van der Waals surface area contributed by atoms with E-state index in [4.69, 9.17) is 0 Å². The Morgan fingerprint density at radius 1 is 1.05 bits per heavy atom. The first-order valence-corrected chi connectivity index (χ1v) is 8.20. The normalized spacial score (nSPS) is 28.3. The summed E-state index contributed by atoms with van der Waals surface area (Å²) in [6.45, 7) is 11.7. The number of nitrogens with one attached hydrogen (secondary N) is 1. The molecule has 3 unspecified atom stereocenters. The van der Waals surface area contributed by atoms with Gasteiger partial charge in [0.15, 0.2) is 0 Å². The van der Waals surface area contributed by atoms with Gasteiger partial charge in [-0.25, -0.2) is 0 Å². The molecule has 0 amide bonds. The summed E-state index contributed by atoms with van der Waals surface area (Å²) in [6.07, 6.45) is 5.37. The van der Waals surface area contributed by atoms with Crippen molar-refractivity contribution in [3.05, 3.63) is 0 Å². The van der Waals surface area contributed by atoms with Gasteiger partial charge in [-0.1, -0.05) is 20.8 Å². The highest BCUT2D eigenvalue weighted by Gasteiger charge is 2.31. The lowest BCUT2D eigenvalue weighted by molar-refractivity contribution is 0.0946. The molecular formula is C16H35N3. The Balaban J connectivity index is 2.64. The lowest BCUT2D eigenvalue weighted by Crippen LogP contribution is -2.54. The van der Waals surface area contributed by atoms with Crippen LogP contribution in [0.5, 0.6) is 0 Å². The molecule has 0 aromatic carbocycles. The highest BCUT2D eigenvalue weighted by molar-refractivity contribution is 4.90. The summed E-state index contributed by atoms with van der Waals surface area (Å²) in [6, 6.07) is 1.44. The van der Waals surface area contributed by atoms with Gasteiger partial charge >= 0.3 is 0 Å². The molecule has 19 heavy (non-hydrogen) atoms. The highest BCUT2D eigenvalue weighted by atomic mass is 15.2. The van der Waals surface area contributed by atoms with E-state index in [1.54, 1.807) is 0 Å². The van der Waals surface area contributed by atoms with E-state index < -0.39 is 0 Å². The zero-order valence-electron chi connectivity index (χ0n) is 13.8. The molecule has 0 aromatic rings. The predicted molar refractivity (Wildman–Crippen MR) is 84.7 cm³/mol. The summed E-state index contributed by atoms with van der Waals surface area (Å²) in [7, 11) is 4.35. The average molecular weight is 269 g/mol. The average Bonchev–Trinajstić information content (AvgIpc) is 2.37. The van der Waals surface area contributed by atoms with E-state index in [1.807, 2.05) is 0 Å². The highest BCUT2D eigenvalue weighted by Crippen LogP contribution is 2.28. The van der Waals surface area contributed by atoms with E-state index in [0.717, 1.165) is 18.5 Å². The Kier molecular flexibility index (Phi) is 7.96. The minimum Gasteiger partial charge on any atom is -0.313 e. The lowest BCUT2D eigenvalue weighted by atomic mass is 9.82. The fourth-order valence-electron chi connectivity index (χ4n) is 3.31. The van der Waals surface area contributed by atoms with Crippen LogP contribution in [0, 0.1) is 5.92 Å². The van der Waals surface area contributed by atoms with Crippen LogP contribution < -0.4 is 5.32 Å². The number of rotatable bonds is 8. The van der Waals surface area contributed by atoms with Crippen LogP contribution in [0.2, 0.25) is 0 Å². The summed E-state index contributed by atoms with van der Waals surface area (Å²) >= 11 is 0. The van der Waals surface area contributed by atoms with Gasteiger partial charge in [0.25, 0.3) is 0 Å². The zero-order chi connectivity index (χ0) is 14.3. The second kappa shape index (κ2) is 8.93. The van der Waals surface area contributed by atoms with Crippen LogP contribution in [0.1, 0.15) is 46.5 Å². The summed E-state index contributed by atoms with van der Waals surface area (Å²) in [5.41, 5.74) is 0. The summed E-state index contributed by atoms with van der Waals surface area (Å²) in [4.78, 5) is 5.04. The zero-order valence-corrected chi connectivity index (χ0v) is 13.8. The maximum absolute atomic E-state index is 3.73. The predicted octanol–water partition coefficient (Wildman–Crippen LogP) is 2.43. The smallest absolute Gasteiger partial charge is 0.0252 e. The summed E-state index contributed by atoms with van der Waals surface area (Å²) < 4.78 is 0. The fraction of sp³-hybridized carbons (Fsp3) is 1.00. The van der Waals surface area contributed by atoms with Crippen molar-refractivity contribution in [2.75, 3.05) is 40.3 Å². The topological polar surface area (TPSA) is 18.5 Å². The van der Waals surface area contributed by atoms with Gasteiger partial charge in [0.1, 0.15) is 0 Å². The molecule has 0 aromatic heterocycles. The Hall–Kier alpha value is -0.120. The second-order valence-electron chi connectivity index (χ2n) is 6.49. The Morgan fingerprint density at radius 2 is 1.79 bits per heavy atom. The largest absolute Gasteiger partial charge is 0.313 e. The van der Waals surface area contributed by atoms with Crippen molar-refractivity contribution in [1.29, 1.82) is 0 Å². The molecule has 3 heteroatoms. The fourth-order valence-corrected chi connectivity index (χ4v) is 3.31. The number of hydrogen-bond donors (Lipinski definition) is 1. The first kappa shape index (κ1) is 16.9. The molecule has 0 heterocycles. The minimum absolute atomic E-state index is 0.704. The minimum atomic E-state index is 0.704. The van der Waals surface area contributed by atoms with Crippen molar-refractivity contribution >= 4 is 0 Å². The summed E-state index contributed by atoms with van der Waals surface area (Å²) in [5.74, 6) is 0.888. The second-order valence-corrected chi connectivity index (χ2v) is 6.49. The van der Waals surface area contributed by atoms with Crippen molar-refractivity contribution in [3.63, 3.8) is 0 Å². The van der Waals surface area contributed by atoms with Gasteiger partial charge < -0.3 is 10.2 Å². The van der Waals surface area contributed by atoms with E-state index in [2.05, 4.69) is 50.0 Å². The molecule has 0 radical (unpaired) electrons. The number of nitrogens with zero attached hydrogens (tertiary/aromatic N) is 2.